The van der Waals surface area contributed by atoms with Gasteiger partial charge in [0.25, 0.3) is 0 Å². The lowest BCUT2D eigenvalue weighted by atomic mass is 10.0. The summed E-state index contributed by atoms with van der Waals surface area (Å²) in [5.74, 6) is 1.33. The zero-order valence-corrected chi connectivity index (χ0v) is 15.7. The van der Waals surface area contributed by atoms with E-state index in [1.165, 1.54) is 0 Å². The maximum absolute atomic E-state index is 12.4. The van der Waals surface area contributed by atoms with Gasteiger partial charge in [-0.1, -0.05) is 18.2 Å². The third kappa shape index (κ3) is 3.45. The molecule has 1 aromatic heterocycles. The van der Waals surface area contributed by atoms with Crippen LogP contribution in [0, 0.1) is 0 Å². The second kappa shape index (κ2) is 7.48. The number of oxazole rings is 1. The molecule has 27 heavy (non-hydrogen) atoms. The van der Waals surface area contributed by atoms with Crippen LogP contribution < -0.4 is 15.2 Å². The third-order valence-electron chi connectivity index (χ3n) is 5.25. The second-order valence-electron chi connectivity index (χ2n) is 6.91. The highest BCUT2D eigenvalue weighted by atomic mass is 16.5. The number of para-hydroxylation sites is 2. The maximum Gasteiger partial charge on any atom is 0.420 e. The number of likely N-dealkylation sites (tertiary alicyclic amines) is 1. The standard InChI is InChI=1S/C21H24N2O4/c1-25-17-10-9-15(20(12-17)26-2)13-22-11-5-6-16(14-22)23-18-7-3-4-8-19(18)27-21(23)24/h3-4,7-10,12,16H,5-6,11,13-14H2,1-2H3. The molecule has 1 atom stereocenters. The lowest BCUT2D eigenvalue weighted by Gasteiger charge is -2.33. The predicted molar refractivity (Wildman–Crippen MR) is 104 cm³/mol. The van der Waals surface area contributed by atoms with E-state index < -0.39 is 0 Å². The molecule has 0 N–H and O–H groups in total. The summed E-state index contributed by atoms with van der Waals surface area (Å²) < 4.78 is 18.0. The molecule has 1 aliphatic heterocycles. The highest BCUT2D eigenvalue weighted by Gasteiger charge is 2.25. The Balaban J connectivity index is 1.57. The molecule has 4 rings (SSSR count). The SMILES string of the molecule is COc1ccc(CN2CCCC(n3c(=O)oc4ccccc43)C2)c(OC)c1. The van der Waals surface area contributed by atoms with Gasteiger partial charge in [-0.15, -0.1) is 0 Å². The van der Waals surface area contributed by atoms with E-state index in [0.717, 1.165) is 55.1 Å². The van der Waals surface area contributed by atoms with Crippen LogP contribution in [0.2, 0.25) is 0 Å². The fourth-order valence-electron chi connectivity index (χ4n) is 3.94. The van der Waals surface area contributed by atoms with Crippen LogP contribution in [-0.2, 0) is 6.54 Å². The molecule has 6 nitrogen and oxygen atoms in total. The molecule has 1 fully saturated rings. The maximum atomic E-state index is 12.4. The molecule has 2 heterocycles. The van der Waals surface area contributed by atoms with Gasteiger partial charge < -0.3 is 13.9 Å². The van der Waals surface area contributed by atoms with Crippen LogP contribution in [0.1, 0.15) is 24.4 Å². The molecule has 0 radical (unpaired) electrons. The monoisotopic (exact) mass is 368 g/mol. The van der Waals surface area contributed by atoms with E-state index in [9.17, 15) is 4.79 Å². The van der Waals surface area contributed by atoms with E-state index in [1.807, 2.05) is 47.0 Å². The van der Waals surface area contributed by atoms with Crippen LogP contribution in [0.4, 0.5) is 0 Å². The summed E-state index contributed by atoms with van der Waals surface area (Å²) in [6.45, 7) is 2.57. The minimum Gasteiger partial charge on any atom is -0.497 e. The van der Waals surface area contributed by atoms with Crippen LogP contribution >= 0.6 is 0 Å². The molecule has 0 bridgehead atoms. The van der Waals surface area contributed by atoms with Crippen molar-refractivity contribution in [2.45, 2.75) is 25.4 Å². The predicted octanol–water partition coefficient (Wildman–Crippen LogP) is 3.45. The van der Waals surface area contributed by atoms with Crippen molar-refractivity contribution in [2.24, 2.45) is 0 Å². The Morgan fingerprint density at radius 2 is 2.00 bits per heavy atom. The van der Waals surface area contributed by atoms with Crippen LogP contribution in [0.5, 0.6) is 11.5 Å². The van der Waals surface area contributed by atoms with Crippen LogP contribution in [0.15, 0.2) is 51.7 Å². The van der Waals surface area contributed by atoms with Gasteiger partial charge in [-0.3, -0.25) is 9.47 Å². The Bertz CT molecular complexity index is 991. The molecule has 6 heteroatoms. The quantitative estimate of drug-likeness (QED) is 0.690. The Morgan fingerprint density at radius 1 is 1.15 bits per heavy atom. The first-order valence-corrected chi connectivity index (χ1v) is 9.23. The Hall–Kier alpha value is -2.73. The molecule has 1 unspecified atom stereocenters. The molecule has 3 aromatic rings. The van der Waals surface area contributed by atoms with Crippen molar-refractivity contribution >= 4 is 11.1 Å². The van der Waals surface area contributed by atoms with Gasteiger partial charge in [0.15, 0.2) is 5.58 Å². The summed E-state index contributed by atoms with van der Waals surface area (Å²) in [5.41, 5.74) is 2.64. The zero-order valence-electron chi connectivity index (χ0n) is 15.7. The van der Waals surface area contributed by atoms with Gasteiger partial charge in [-0.2, -0.15) is 0 Å². The molecule has 1 saturated heterocycles. The van der Waals surface area contributed by atoms with Crippen LogP contribution in [0.25, 0.3) is 11.1 Å². The number of piperidine rings is 1. The number of hydrogen-bond acceptors (Lipinski definition) is 5. The topological polar surface area (TPSA) is 56.8 Å². The van der Waals surface area contributed by atoms with Crippen molar-refractivity contribution in [2.75, 3.05) is 27.3 Å². The number of benzene rings is 2. The summed E-state index contributed by atoms with van der Waals surface area (Å²) in [4.78, 5) is 14.8. The average Bonchev–Trinajstić information content (AvgIpc) is 3.04. The van der Waals surface area contributed by atoms with Crippen LogP contribution in [0.3, 0.4) is 0 Å². The highest BCUT2D eigenvalue weighted by Crippen LogP contribution is 2.29. The minimum atomic E-state index is -0.273. The molecule has 0 spiro atoms. The van der Waals surface area contributed by atoms with Crippen molar-refractivity contribution in [3.8, 4) is 11.5 Å². The van der Waals surface area contributed by atoms with E-state index in [4.69, 9.17) is 13.9 Å². The molecule has 0 amide bonds. The zero-order chi connectivity index (χ0) is 18.8. The Kier molecular flexibility index (Phi) is 4.90. The number of ether oxygens (including phenoxy) is 2. The fraction of sp³-hybridized carbons (Fsp3) is 0.381. The van der Waals surface area contributed by atoms with Gasteiger partial charge >= 0.3 is 5.76 Å². The van der Waals surface area contributed by atoms with Crippen molar-refractivity contribution in [1.82, 2.24) is 9.47 Å². The first-order valence-electron chi connectivity index (χ1n) is 9.23. The summed E-state index contributed by atoms with van der Waals surface area (Å²) in [5, 5.41) is 0. The summed E-state index contributed by atoms with van der Waals surface area (Å²) >= 11 is 0. The minimum absolute atomic E-state index is 0.110. The number of rotatable bonds is 5. The average molecular weight is 368 g/mol. The molecule has 0 aliphatic carbocycles. The van der Waals surface area contributed by atoms with Crippen molar-refractivity contribution in [1.29, 1.82) is 0 Å². The summed E-state index contributed by atoms with van der Waals surface area (Å²) in [6, 6.07) is 13.6. The molecular weight excluding hydrogens is 344 g/mol. The molecule has 2 aromatic carbocycles. The van der Waals surface area contributed by atoms with E-state index in [0.29, 0.717) is 5.58 Å². The smallest absolute Gasteiger partial charge is 0.420 e. The van der Waals surface area contributed by atoms with Crippen LogP contribution in [-0.4, -0.2) is 36.8 Å². The van der Waals surface area contributed by atoms with Gasteiger partial charge in [0.1, 0.15) is 11.5 Å². The fourth-order valence-corrected chi connectivity index (χ4v) is 3.94. The number of aromatic nitrogens is 1. The third-order valence-corrected chi connectivity index (χ3v) is 5.25. The van der Waals surface area contributed by atoms with Gasteiger partial charge in [0.05, 0.1) is 25.8 Å². The van der Waals surface area contributed by atoms with Crippen molar-refractivity contribution < 1.29 is 13.9 Å². The lowest BCUT2D eigenvalue weighted by Crippen LogP contribution is -2.38. The first-order chi connectivity index (χ1) is 13.2. The second-order valence-corrected chi connectivity index (χ2v) is 6.91. The van der Waals surface area contributed by atoms with E-state index in [2.05, 4.69) is 4.90 Å². The molecule has 0 saturated carbocycles. The van der Waals surface area contributed by atoms with Gasteiger partial charge in [0, 0.05) is 24.7 Å². The molecule has 142 valence electrons. The largest absolute Gasteiger partial charge is 0.497 e. The number of nitrogens with zero attached hydrogens (tertiary/aromatic N) is 2. The van der Waals surface area contributed by atoms with Gasteiger partial charge in [0.2, 0.25) is 0 Å². The highest BCUT2D eigenvalue weighted by molar-refractivity contribution is 5.72. The van der Waals surface area contributed by atoms with E-state index >= 15 is 0 Å². The molecule has 1 aliphatic rings. The van der Waals surface area contributed by atoms with Crippen molar-refractivity contribution in [3.05, 3.63) is 58.6 Å². The first kappa shape index (κ1) is 17.7. The van der Waals surface area contributed by atoms with Gasteiger partial charge in [-0.25, -0.2) is 4.79 Å². The number of fused-ring (bicyclic) bond motifs is 1. The van der Waals surface area contributed by atoms with E-state index in [1.54, 1.807) is 14.2 Å². The normalized spacial score (nSPS) is 17.9. The lowest BCUT2D eigenvalue weighted by molar-refractivity contribution is 0.166. The van der Waals surface area contributed by atoms with E-state index in [-0.39, 0.29) is 11.8 Å². The Morgan fingerprint density at radius 3 is 2.81 bits per heavy atom. The van der Waals surface area contributed by atoms with Gasteiger partial charge in [-0.05, 0) is 37.6 Å². The summed E-state index contributed by atoms with van der Waals surface area (Å²) in [6.07, 6.45) is 2.01. The number of methoxy groups -OCH3 is 2. The van der Waals surface area contributed by atoms with Crippen molar-refractivity contribution in [3.63, 3.8) is 0 Å². The molecular formula is C21H24N2O4. The number of hydrogen-bond donors (Lipinski definition) is 0. The Labute approximate surface area is 157 Å². The summed E-state index contributed by atoms with van der Waals surface area (Å²) in [7, 11) is 3.32.